The topological polar surface area (TPSA) is 66.8 Å². The second kappa shape index (κ2) is 6.93. The number of aromatic nitrogens is 4. The second-order valence-electron chi connectivity index (χ2n) is 6.43. The van der Waals surface area contributed by atoms with Crippen LogP contribution in [0.4, 0.5) is 0 Å². The number of nitrogens with zero attached hydrogens (tertiary/aromatic N) is 4. The van der Waals surface area contributed by atoms with Gasteiger partial charge in [0.25, 0.3) is 5.91 Å². The van der Waals surface area contributed by atoms with Gasteiger partial charge < -0.3 is 14.5 Å². The van der Waals surface area contributed by atoms with Crippen molar-refractivity contribution in [2.45, 2.75) is 25.3 Å². The van der Waals surface area contributed by atoms with Crippen LogP contribution in [-0.4, -0.2) is 43.4 Å². The molecule has 1 amide bonds. The molecular formula is C19H21N5O. The third kappa shape index (κ3) is 3.33. The lowest BCUT2D eigenvalue weighted by molar-refractivity contribution is 0.0692. The van der Waals surface area contributed by atoms with Gasteiger partial charge in [0.15, 0.2) is 5.82 Å². The number of carbonyl (C=O) groups excluding carboxylic acids is 1. The summed E-state index contributed by atoms with van der Waals surface area (Å²) in [5.74, 6) is 1.69. The summed E-state index contributed by atoms with van der Waals surface area (Å²) >= 11 is 0. The van der Waals surface area contributed by atoms with Gasteiger partial charge in [-0.3, -0.25) is 4.79 Å². The van der Waals surface area contributed by atoms with E-state index in [1.54, 1.807) is 12.4 Å². The zero-order chi connectivity index (χ0) is 17.1. The zero-order valence-electron chi connectivity index (χ0n) is 14.0. The van der Waals surface area contributed by atoms with E-state index < -0.39 is 0 Å². The first-order valence-corrected chi connectivity index (χ1v) is 8.65. The van der Waals surface area contributed by atoms with Gasteiger partial charge in [-0.1, -0.05) is 30.3 Å². The molecule has 3 heterocycles. The molecule has 25 heavy (non-hydrogen) atoms. The molecule has 6 heteroatoms. The number of rotatable bonds is 4. The monoisotopic (exact) mass is 335 g/mol. The molecule has 0 saturated carbocycles. The van der Waals surface area contributed by atoms with Gasteiger partial charge in [-0.15, -0.1) is 0 Å². The van der Waals surface area contributed by atoms with Gasteiger partial charge in [-0.05, 0) is 18.4 Å². The number of H-pyrrole nitrogens is 1. The Hall–Kier alpha value is -2.89. The van der Waals surface area contributed by atoms with Crippen molar-refractivity contribution < 1.29 is 4.79 Å². The molecule has 1 fully saturated rings. The maximum Gasteiger partial charge on any atom is 0.289 e. The molecule has 0 bridgehead atoms. The summed E-state index contributed by atoms with van der Waals surface area (Å²) in [5, 5.41) is 0. The number of hydrogen-bond acceptors (Lipinski definition) is 3. The van der Waals surface area contributed by atoms with E-state index in [2.05, 4.69) is 43.8 Å². The number of nitrogens with one attached hydrogen (secondary N) is 1. The Labute approximate surface area is 146 Å². The predicted molar refractivity (Wildman–Crippen MR) is 94.2 cm³/mol. The lowest BCUT2D eigenvalue weighted by Crippen LogP contribution is -2.40. The van der Waals surface area contributed by atoms with E-state index in [4.69, 9.17) is 0 Å². The Bertz CT molecular complexity index is 825. The Kier molecular flexibility index (Phi) is 4.33. The van der Waals surface area contributed by atoms with E-state index >= 15 is 0 Å². The lowest BCUT2D eigenvalue weighted by Gasteiger charge is -2.32. The number of benzene rings is 1. The first-order chi connectivity index (χ1) is 12.3. The van der Waals surface area contributed by atoms with Crippen molar-refractivity contribution in [3.8, 4) is 0 Å². The van der Waals surface area contributed by atoms with Crippen LogP contribution in [0.15, 0.2) is 55.1 Å². The van der Waals surface area contributed by atoms with Gasteiger partial charge in [-0.25, -0.2) is 9.97 Å². The van der Waals surface area contributed by atoms with Crippen LogP contribution in [0.5, 0.6) is 0 Å². The van der Waals surface area contributed by atoms with Crippen molar-refractivity contribution in [2.75, 3.05) is 13.1 Å². The predicted octanol–water partition coefficient (Wildman–Crippen LogP) is 2.67. The average molecular weight is 335 g/mol. The molecule has 3 aromatic rings. The number of piperidine rings is 1. The molecule has 128 valence electrons. The highest BCUT2D eigenvalue weighted by molar-refractivity contribution is 5.90. The quantitative estimate of drug-likeness (QED) is 0.797. The van der Waals surface area contributed by atoms with E-state index in [0.717, 1.165) is 31.8 Å². The van der Waals surface area contributed by atoms with Crippen molar-refractivity contribution in [3.63, 3.8) is 0 Å². The minimum absolute atomic E-state index is 0.0316. The number of likely N-dealkylation sites (tertiary alicyclic amines) is 1. The van der Waals surface area contributed by atoms with Gasteiger partial charge in [0.2, 0.25) is 0 Å². The molecule has 1 aromatic carbocycles. The highest BCUT2D eigenvalue weighted by Gasteiger charge is 2.28. The first kappa shape index (κ1) is 15.6. The number of imidazole rings is 2. The molecule has 1 N–H and O–H groups in total. The molecule has 1 aliphatic heterocycles. The van der Waals surface area contributed by atoms with E-state index in [9.17, 15) is 4.79 Å². The highest BCUT2D eigenvalue weighted by atomic mass is 16.2. The average Bonchev–Trinajstić information content (AvgIpc) is 3.34. The fourth-order valence-electron chi connectivity index (χ4n) is 3.50. The summed E-state index contributed by atoms with van der Waals surface area (Å²) in [6, 6.07) is 10.4. The first-order valence-electron chi connectivity index (χ1n) is 8.65. The van der Waals surface area contributed by atoms with E-state index in [1.165, 1.54) is 5.56 Å². The van der Waals surface area contributed by atoms with Crippen LogP contribution >= 0.6 is 0 Å². The SMILES string of the molecule is O=C(c1ncc[nH]1)N1CCC[C@H](c2nccn2Cc2ccccc2)C1. The molecule has 1 atom stereocenters. The highest BCUT2D eigenvalue weighted by Crippen LogP contribution is 2.27. The van der Waals surface area contributed by atoms with Crippen LogP contribution in [0.1, 0.15) is 40.8 Å². The van der Waals surface area contributed by atoms with Crippen molar-refractivity contribution in [3.05, 3.63) is 72.3 Å². The molecule has 1 saturated heterocycles. The van der Waals surface area contributed by atoms with Crippen molar-refractivity contribution in [1.29, 1.82) is 0 Å². The van der Waals surface area contributed by atoms with Crippen LogP contribution in [-0.2, 0) is 6.54 Å². The molecule has 4 rings (SSSR count). The fourth-order valence-corrected chi connectivity index (χ4v) is 3.50. The minimum Gasteiger partial charge on any atom is -0.341 e. The number of amides is 1. The van der Waals surface area contributed by atoms with Gasteiger partial charge in [0, 0.05) is 50.3 Å². The Morgan fingerprint density at radius 3 is 2.88 bits per heavy atom. The summed E-state index contributed by atoms with van der Waals surface area (Å²) in [6.45, 7) is 2.26. The van der Waals surface area contributed by atoms with Crippen LogP contribution in [0.3, 0.4) is 0 Å². The second-order valence-corrected chi connectivity index (χ2v) is 6.43. The van der Waals surface area contributed by atoms with Gasteiger partial charge in [0.1, 0.15) is 5.82 Å². The molecule has 6 nitrogen and oxygen atoms in total. The molecular weight excluding hydrogens is 314 g/mol. The maximum absolute atomic E-state index is 12.6. The number of aromatic amines is 1. The lowest BCUT2D eigenvalue weighted by atomic mass is 9.97. The summed E-state index contributed by atoms with van der Waals surface area (Å²) in [4.78, 5) is 26.0. The van der Waals surface area contributed by atoms with Gasteiger partial charge in [-0.2, -0.15) is 0 Å². The maximum atomic E-state index is 12.6. The van der Waals surface area contributed by atoms with Crippen LogP contribution in [0.25, 0.3) is 0 Å². The number of carbonyl (C=O) groups is 1. The van der Waals surface area contributed by atoms with Crippen LogP contribution in [0.2, 0.25) is 0 Å². The molecule has 1 aliphatic rings. The summed E-state index contributed by atoms with van der Waals surface area (Å²) in [6.07, 6.45) is 9.20. The third-order valence-electron chi connectivity index (χ3n) is 4.72. The fraction of sp³-hybridized carbons (Fsp3) is 0.316. The number of hydrogen-bond donors (Lipinski definition) is 1. The summed E-state index contributed by atoms with van der Waals surface area (Å²) < 4.78 is 2.20. The van der Waals surface area contributed by atoms with Gasteiger partial charge in [0.05, 0.1) is 0 Å². The summed E-state index contributed by atoms with van der Waals surface area (Å²) in [7, 11) is 0. The van der Waals surface area contributed by atoms with Crippen LogP contribution in [0, 0.1) is 0 Å². The van der Waals surface area contributed by atoms with Crippen molar-refractivity contribution in [2.24, 2.45) is 0 Å². The van der Waals surface area contributed by atoms with Crippen molar-refractivity contribution in [1.82, 2.24) is 24.4 Å². The van der Waals surface area contributed by atoms with E-state index in [1.807, 2.05) is 23.4 Å². The smallest absolute Gasteiger partial charge is 0.289 e. The molecule has 0 spiro atoms. The zero-order valence-corrected chi connectivity index (χ0v) is 14.0. The molecule has 2 aromatic heterocycles. The molecule has 0 unspecified atom stereocenters. The summed E-state index contributed by atoms with van der Waals surface area (Å²) in [5.41, 5.74) is 1.25. The Balaban J connectivity index is 1.50. The normalized spacial score (nSPS) is 17.6. The standard InChI is InChI=1S/C19H21N5O/c25-19(17-20-8-9-21-17)24-11-4-7-16(14-24)18-22-10-12-23(18)13-15-5-2-1-3-6-15/h1-3,5-6,8-10,12,16H,4,7,11,13-14H2,(H,20,21)/t16-/m0/s1. The van der Waals surface area contributed by atoms with E-state index in [0.29, 0.717) is 12.4 Å². The molecule has 0 radical (unpaired) electrons. The third-order valence-corrected chi connectivity index (χ3v) is 4.72. The van der Waals surface area contributed by atoms with Crippen LogP contribution < -0.4 is 0 Å². The van der Waals surface area contributed by atoms with E-state index in [-0.39, 0.29) is 11.8 Å². The van der Waals surface area contributed by atoms with Crippen molar-refractivity contribution >= 4 is 5.91 Å². The largest absolute Gasteiger partial charge is 0.341 e. The minimum atomic E-state index is -0.0316. The van der Waals surface area contributed by atoms with Gasteiger partial charge >= 0.3 is 0 Å². The Morgan fingerprint density at radius 2 is 2.08 bits per heavy atom. The Morgan fingerprint density at radius 1 is 1.20 bits per heavy atom. The molecule has 0 aliphatic carbocycles.